The maximum atomic E-state index is 12.5. The van der Waals surface area contributed by atoms with E-state index in [0.29, 0.717) is 18.4 Å². The van der Waals surface area contributed by atoms with Crippen molar-refractivity contribution in [2.75, 3.05) is 0 Å². The van der Waals surface area contributed by atoms with E-state index in [-0.39, 0.29) is 59.7 Å². The first-order chi connectivity index (χ1) is 17.3. The molecule has 0 aromatic carbocycles. The van der Waals surface area contributed by atoms with E-state index in [2.05, 4.69) is 27.7 Å². The number of aliphatic hydroxyl groups excluding tert-OH is 1. The topological polar surface area (TPSA) is 115 Å². The molecule has 204 valence electrons. The van der Waals surface area contributed by atoms with E-state index in [1.165, 1.54) is 0 Å². The van der Waals surface area contributed by atoms with E-state index in [1.54, 1.807) is 13.0 Å². The van der Waals surface area contributed by atoms with Crippen molar-refractivity contribution in [2.45, 2.75) is 126 Å². The number of carbonyl (C=O) groups is 2. The molecular formula is C29H40O8. The van der Waals surface area contributed by atoms with E-state index in [4.69, 9.17) is 18.9 Å². The number of hydrogen-bond acceptors (Lipinski definition) is 8. The highest BCUT2D eigenvalue weighted by atomic mass is 16.6. The summed E-state index contributed by atoms with van der Waals surface area (Å²) in [7, 11) is 0. The third kappa shape index (κ3) is 2.88. The number of esters is 2. The van der Waals surface area contributed by atoms with Gasteiger partial charge in [-0.05, 0) is 70.8 Å². The molecule has 8 nitrogen and oxygen atoms in total. The van der Waals surface area contributed by atoms with Gasteiger partial charge in [-0.2, -0.15) is 0 Å². The first-order valence-electron chi connectivity index (χ1n) is 14.1. The largest absolute Gasteiger partial charge is 0.456 e. The van der Waals surface area contributed by atoms with Gasteiger partial charge in [0.25, 0.3) is 0 Å². The Kier molecular flexibility index (Phi) is 4.76. The van der Waals surface area contributed by atoms with Crippen molar-refractivity contribution in [1.82, 2.24) is 0 Å². The number of rotatable bonds is 3. The summed E-state index contributed by atoms with van der Waals surface area (Å²) in [4.78, 5) is 24.4. The Morgan fingerprint density at radius 2 is 1.78 bits per heavy atom. The Balaban J connectivity index is 1.20. The molecule has 3 saturated heterocycles. The highest BCUT2D eigenvalue weighted by Gasteiger charge is 2.83. The van der Waals surface area contributed by atoms with E-state index >= 15 is 0 Å². The molecule has 0 radical (unpaired) electrons. The number of epoxide rings is 1. The molecule has 7 rings (SSSR count). The van der Waals surface area contributed by atoms with E-state index < -0.39 is 34.6 Å². The van der Waals surface area contributed by atoms with Crippen molar-refractivity contribution in [3.05, 3.63) is 11.6 Å². The Labute approximate surface area is 218 Å². The predicted octanol–water partition coefficient (Wildman–Crippen LogP) is 2.82. The van der Waals surface area contributed by atoms with Gasteiger partial charge in [-0.15, -0.1) is 0 Å². The highest BCUT2D eigenvalue weighted by molar-refractivity contribution is 5.90. The van der Waals surface area contributed by atoms with Crippen LogP contribution < -0.4 is 0 Å². The Hall–Kier alpha value is -1.48. The van der Waals surface area contributed by atoms with Gasteiger partial charge in [-0.3, -0.25) is 4.79 Å². The van der Waals surface area contributed by atoms with Crippen LogP contribution in [0.1, 0.15) is 79.6 Å². The second-order valence-electron chi connectivity index (χ2n) is 14.0. The smallest absolute Gasteiger partial charge is 0.334 e. The quantitative estimate of drug-likeness (QED) is 0.435. The first kappa shape index (κ1) is 24.6. The molecule has 0 amide bonds. The number of carbonyl (C=O) groups excluding carboxylic acids is 2. The number of fused-ring (bicyclic) bond motifs is 1. The summed E-state index contributed by atoms with van der Waals surface area (Å²) in [5.41, 5.74) is -2.34. The summed E-state index contributed by atoms with van der Waals surface area (Å²) in [6.07, 6.45) is 4.49. The molecule has 3 aliphatic carbocycles. The van der Waals surface area contributed by atoms with Crippen LogP contribution >= 0.6 is 0 Å². The molecule has 0 aromatic rings. The van der Waals surface area contributed by atoms with Crippen molar-refractivity contribution in [3.8, 4) is 0 Å². The summed E-state index contributed by atoms with van der Waals surface area (Å²) >= 11 is 0. The molecule has 3 saturated carbocycles. The molecule has 12 atom stereocenters. The minimum absolute atomic E-state index is 0.0240. The molecule has 0 aromatic heterocycles. The van der Waals surface area contributed by atoms with Crippen LogP contribution in [0.4, 0.5) is 0 Å². The Morgan fingerprint density at radius 1 is 1.05 bits per heavy atom. The molecule has 0 bridgehead atoms. The summed E-state index contributed by atoms with van der Waals surface area (Å²) < 4.78 is 24.5. The van der Waals surface area contributed by atoms with Crippen LogP contribution in [0.3, 0.4) is 0 Å². The van der Waals surface area contributed by atoms with Crippen molar-refractivity contribution < 1.29 is 38.7 Å². The van der Waals surface area contributed by atoms with E-state index in [0.717, 1.165) is 25.7 Å². The van der Waals surface area contributed by atoms with Gasteiger partial charge < -0.3 is 29.2 Å². The zero-order valence-electron chi connectivity index (χ0n) is 22.5. The maximum absolute atomic E-state index is 12.5. The molecule has 2 N–H and O–H groups in total. The predicted molar refractivity (Wildman–Crippen MR) is 130 cm³/mol. The van der Waals surface area contributed by atoms with Crippen LogP contribution in [0.2, 0.25) is 0 Å². The third-order valence-corrected chi connectivity index (χ3v) is 12.1. The fourth-order valence-corrected chi connectivity index (χ4v) is 10.4. The maximum Gasteiger partial charge on any atom is 0.334 e. The number of aliphatic hydroxyl groups is 2. The summed E-state index contributed by atoms with van der Waals surface area (Å²) in [5.74, 6) is -0.554. The minimum atomic E-state index is -1.01. The summed E-state index contributed by atoms with van der Waals surface area (Å²) in [6, 6.07) is 0. The Morgan fingerprint density at radius 3 is 2.49 bits per heavy atom. The van der Waals surface area contributed by atoms with Crippen LogP contribution in [-0.4, -0.2) is 69.0 Å². The lowest BCUT2D eigenvalue weighted by Crippen LogP contribution is -2.61. The lowest BCUT2D eigenvalue weighted by molar-refractivity contribution is -0.185. The second kappa shape index (κ2) is 7.18. The van der Waals surface area contributed by atoms with E-state index in [1.807, 2.05) is 0 Å². The van der Waals surface area contributed by atoms with Gasteiger partial charge in [0.15, 0.2) is 0 Å². The van der Waals surface area contributed by atoms with Crippen molar-refractivity contribution in [3.63, 3.8) is 0 Å². The van der Waals surface area contributed by atoms with Gasteiger partial charge in [0.2, 0.25) is 0 Å². The molecular weight excluding hydrogens is 476 g/mol. The average Bonchev–Trinajstić information content (AvgIpc) is 3.16. The van der Waals surface area contributed by atoms with Crippen LogP contribution in [0.5, 0.6) is 0 Å². The third-order valence-electron chi connectivity index (χ3n) is 12.1. The highest BCUT2D eigenvalue weighted by Crippen LogP contribution is 2.76. The molecule has 0 unspecified atom stereocenters. The SMILES string of the molecule is CC1=C[C@@H]([C@@H](O)[C@@H](C)[C@H]2C[C@@H]3O[C@@]34[C@@H]3CC[C@H]5C(C)(C)O[C@@H]6CC(=O)O[C@@]65C[C@@]3(O)CC[C@]24C)OC1=O. The van der Waals surface area contributed by atoms with Crippen molar-refractivity contribution in [2.24, 2.45) is 29.1 Å². The molecule has 4 heterocycles. The molecule has 2 spiro atoms. The number of hydrogen-bond donors (Lipinski definition) is 2. The van der Waals surface area contributed by atoms with Crippen molar-refractivity contribution >= 4 is 11.9 Å². The minimum Gasteiger partial charge on any atom is -0.456 e. The van der Waals surface area contributed by atoms with Gasteiger partial charge >= 0.3 is 11.9 Å². The van der Waals surface area contributed by atoms with Gasteiger partial charge in [-0.1, -0.05) is 13.8 Å². The average molecular weight is 517 g/mol. The molecule has 7 aliphatic rings. The summed E-state index contributed by atoms with van der Waals surface area (Å²) in [5, 5.41) is 23.7. The van der Waals surface area contributed by atoms with Crippen LogP contribution in [-0.2, 0) is 28.5 Å². The van der Waals surface area contributed by atoms with Crippen LogP contribution in [0.25, 0.3) is 0 Å². The fourth-order valence-electron chi connectivity index (χ4n) is 10.4. The zero-order chi connectivity index (χ0) is 26.3. The fraction of sp³-hybridized carbons (Fsp3) is 0.862. The zero-order valence-corrected chi connectivity index (χ0v) is 22.5. The van der Waals surface area contributed by atoms with Gasteiger partial charge in [0.1, 0.15) is 23.4 Å². The van der Waals surface area contributed by atoms with Crippen LogP contribution in [0.15, 0.2) is 11.6 Å². The second-order valence-corrected chi connectivity index (χ2v) is 14.0. The summed E-state index contributed by atoms with van der Waals surface area (Å²) in [6.45, 7) is 10.2. The Bertz CT molecular complexity index is 1100. The molecule has 8 heteroatoms. The lowest BCUT2D eigenvalue weighted by atomic mass is 9.52. The van der Waals surface area contributed by atoms with Gasteiger partial charge in [0, 0.05) is 29.2 Å². The lowest BCUT2D eigenvalue weighted by Gasteiger charge is -2.55. The normalized spacial score (nSPS) is 54.5. The standard InChI is InChI=1S/C29H40O8/c1-14-10-17(34-24(14)32)23(31)15(2)16-11-21-29(36-21)19-7-6-18-25(3,4)35-20-12-22(30)37-28(18,20)13-27(19,33)9-8-26(16,29)5/h10,15-21,23,31,33H,6-9,11-13H2,1-5H3/t15-,16+,17-,18-,19+,20+,21-,23-,26+,27-,28+,29-/m0/s1. The van der Waals surface area contributed by atoms with Gasteiger partial charge in [-0.25, -0.2) is 4.79 Å². The monoisotopic (exact) mass is 516 g/mol. The van der Waals surface area contributed by atoms with Crippen molar-refractivity contribution in [1.29, 1.82) is 0 Å². The van der Waals surface area contributed by atoms with Crippen LogP contribution in [0, 0.1) is 29.1 Å². The van der Waals surface area contributed by atoms with E-state index in [9.17, 15) is 19.8 Å². The van der Waals surface area contributed by atoms with Gasteiger partial charge in [0.05, 0.1) is 29.8 Å². The molecule has 4 aliphatic heterocycles. The molecule has 37 heavy (non-hydrogen) atoms. The first-order valence-corrected chi connectivity index (χ1v) is 14.1. The molecule has 6 fully saturated rings. The number of cyclic esters (lactones) is 1. The number of ether oxygens (including phenoxy) is 4.